The second kappa shape index (κ2) is 11.7. The van der Waals surface area contributed by atoms with E-state index in [-0.39, 0.29) is 0 Å². The number of benzene rings is 3. The van der Waals surface area contributed by atoms with Gasteiger partial charge in [-0.05, 0) is 48.6 Å². The normalized spacial score (nSPS) is 10.5. The molecule has 0 unspecified atom stereocenters. The van der Waals surface area contributed by atoms with E-state index < -0.39 is 5.76 Å². The minimum Gasteiger partial charge on any atom is -0.495 e. The first kappa shape index (κ1) is 25.3. The van der Waals surface area contributed by atoms with Crippen molar-refractivity contribution in [1.29, 1.82) is 0 Å². The lowest BCUT2D eigenvalue weighted by molar-refractivity contribution is -0.115. The molecule has 10 heteroatoms. The first-order valence-electron chi connectivity index (χ1n) is 10.0. The van der Waals surface area contributed by atoms with Gasteiger partial charge in [0.1, 0.15) is 16.9 Å². The number of thioether (sulfide) groups is 1. The third-order valence-corrected chi connectivity index (χ3v) is 5.42. The van der Waals surface area contributed by atoms with Gasteiger partial charge in [0.2, 0.25) is 6.41 Å². The summed E-state index contributed by atoms with van der Waals surface area (Å²) in [6.45, 7) is 0. The number of methoxy groups -OCH3 is 1. The molecule has 4 rings (SSSR count). The summed E-state index contributed by atoms with van der Waals surface area (Å²) in [5.74, 6) is -1.82. The van der Waals surface area contributed by atoms with Crippen LogP contribution in [0.4, 0.5) is 20.2 Å². The topological polar surface area (TPSA) is 66.7 Å². The first-order valence-corrected chi connectivity index (χ1v) is 11.3. The Kier molecular flexibility index (Phi) is 8.67. The van der Waals surface area contributed by atoms with Gasteiger partial charge in [0.05, 0.1) is 12.8 Å². The highest BCUT2D eigenvalue weighted by Gasteiger charge is 2.13. The zero-order valence-corrected chi connectivity index (χ0v) is 20.3. The summed E-state index contributed by atoms with van der Waals surface area (Å²) in [4.78, 5) is 11.4. The Morgan fingerprint density at radius 1 is 1.06 bits per heavy atom. The van der Waals surface area contributed by atoms with E-state index in [0.29, 0.717) is 44.5 Å². The lowest BCUT2D eigenvalue weighted by atomic mass is 10.1. The summed E-state index contributed by atoms with van der Waals surface area (Å²) in [6, 6.07) is 18.1. The number of carbonyl (C=O) groups is 1. The van der Waals surface area contributed by atoms with Crippen molar-refractivity contribution < 1.29 is 22.7 Å². The minimum absolute atomic E-state index is 0.341. The molecule has 178 valence electrons. The zero-order chi connectivity index (χ0) is 24.7. The maximum atomic E-state index is 12.4. The number of furan rings is 1. The number of anilines is 2. The maximum absolute atomic E-state index is 12.4. The Balaban J connectivity index is 0.000000588. The van der Waals surface area contributed by atoms with E-state index >= 15 is 0 Å². The van der Waals surface area contributed by atoms with Crippen molar-refractivity contribution >= 4 is 68.8 Å². The predicted octanol–water partition coefficient (Wildman–Crippen LogP) is 6.42. The number of alkyl halides is 2. The van der Waals surface area contributed by atoms with Crippen molar-refractivity contribution in [3.05, 3.63) is 60.7 Å². The highest BCUT2D eigenvalue weighted by atomic mass is 32.2. The minimum atomic E-state index is -2.45. The first-order chi connectivity index (χ1) is 16.3. The van der Waals surface area contributed by atoms with Gasteiger partial charge < -0.3 is 24.7 Å². The number of hydrogen-bond donors (Lipinski definition) is 2. The molecule has 0 saturated heterocycles. The molecule has 0 fully saturated rings. The molecule has 4 aromatic rings. The van der Waals surface area contributed by atoms with Gasteiger partial charge in [-0.2, -0.15) is 8.78 Å². The molecular weight excluding hydrogens is 480 g/mol. The van der Waals surface area contributed by atoms with E-state index in [1.807, 2.05) is 36.4 Å². The van der Waals surface area contributed by atoms with Gasteiger partial charge >= 0.3 is 0 Å². The number of para-hydroxylation sites is 1. The Morgan fingerprint density at radius 3 is 2.35 bits per heavy atom. The lowest BCUT2D eigenvalue weighted by Crippen LogP contribution is -2.19. The summed E-state index contributed by atoms with van der Waals surface area (Å²) in [6.07, 6.45) is 0.750. The zero-order valence-electron chi connectivity index (χ0n) is 18.7. The Hall–Kier alpha value is -3.37. The number of nitrogens with one attached hydrogen (secondary N) is 2. The maximum Gasteiger partial charge on any atom is 0.288 e. The van der Waals surface area contributed by atoms with Crippen molar-refractivity contribution in [1.82, 2.24) is 4.90 Å². The van der Waals surface area contributed by atoms with Gasteiger partial charge in [-0.3, -0.25) is 4.79 Å². The summed E-state index contributed by atoms with van der Waals surface area (Å²) in [5.41, 5.74) is 2.85. The van der Waals surface area contributed by atoms with Gasteiger partial charge in [-0.25, -0.2) is 0 Å². The Bertz CT molecular complexity index is 1280. The smallest absolute Gasteiger partial charge is 0.288 e. The molecule has 0 aliphatic rings. The van der Waals surface area contributed by atoms with Crippen molar-refractivity contribution in [2.24, 2.45) is 0 Å². The molecule has 1 amide bonds. The quantitative estimate of drug-likeness (QED) is 0.179. The molecule has 34 heavy (non-hydrogen) atoms. The highest BCUT2D eigenvalue weighted by molar-refractivity contribution is 7.99. The standard InChI is InChI=1S/C21H16F2N2O2S2.C3H7NO/c1-26-19-10-15-14-4-2-3-5-17(14)27-18(15)11-16(19)25-21(28)24-12-6-8-13(9-7-12)29-20(22)23;1-4(2)3-5/h2-11,20H,1H3,(H2,24,25,28);3H,1-2H3. The van der Waals surface area contributed by atoms with Crippen LogP contribution in [0.1, 0.15) is 0 Å². The van der Waals surface area contributed by atoms with E-state index in [9.17, 15) is 13.6 Å². The highest BCUT2D eigenvalue weighted by Crippen LogP contribution is 2.36. The van der Waals surface area contributed by atoms with Crippen LogP contribution in [-0.4, -0.2) is 43.4 Å². The molecule has 0 spiro atoms. The lowest BCUT2D eigenvalue weighted by Gasteiger charge is -2.14. The fourth-order valence-electron chi connectivity index (χ4n) is 3.02. The van der Waals surface area contributed by atoms with Crippen molar-refractivity contribution in [2.75, 3.05) is 31.8 Å². The van der Waals surface area contributed by atoms with Crippen LogP contribution < -0.4 is 15.4 Å². The number of ether oxygens (including phenoxy) is 1. The van der Waals surface area contributed by atoms with Gasteiger partial charge in [-0.1, -0.05) is 30.0 Å². The van der Waals surface area contributed by atoms with Crippen LogP contribution in [0.2, 0.25) is 0 Å². The molecule has 6 nitrogen and oxygen atoms in total. The number of carbonyl (C=O) groups excluding carboxylic acids is 1. The van der Waals surface area contributed by atoms with E-state index in [1.54, 1.807) is 45.5 Å². The number of halogens is 2. The molecule has 0 radical (unpaired) electrons. The molecule has 0 bridgehead atoms. The van der Waals surface area contributed by atoms with E-state index in [4.69, 9.17) is 21.4 Å². The van der Waals surface area contributed by atoms with Crippen LogP contribution in [0.3, 0.4) is 0 Å². The Labute approximate surface area is 205 Å². The molecule has 1 heterocycles. The van der Waals surface area contributed by atoms with E-state index in [0.717, 1.165) is 22.8 Å². The van der Waals surface area contributed by atoms with Crippen LogP contribution in [-0.2, 0) is 4.79 Å². The largest absolute Gasteiger partial charge is 0.495 e. The van der Waals surface area contributed by atoms with Crippen molar-refractivity contribution in [3.8, 4) is 5.75 Å². The monoisotopic (exact) mass is 503 g/mol. The molecule has 1 aromatic heterocycles. The summed E-state index contributed by atoms with van der Waals surface area (Å²) >= 11 is 5.88. The number of fused-ring (bicyclic) bond motifs is 3. The fourth-order valence-corrected chi connectivity index (χ4v) is 3.75. The van der Waals surface area contributed by atoms with Gasteiger partial charge in [-0.15, -0.1) is 0 Å². The van der Waals surface area contributed by atoms with E-state index in [1.165, 1.54) is 4.90 Å². The number of hydrogen-bond acceptors (Lipinski definition) is 5. The van der Waals surface area contributed by atoms with Gasteiger partial charge in [0.15, 0.2) is 5.11 Å². The SMILES string of the molecule is CN(C)C=O.COc1cc2c(cc1NC(=S)Nc1ccc(SC(F)F)cc1)oc1ccccc12. The molecule has 2 N–H and O–H groups in total. The fraction of sp³-hybridized carbons (Fsp3) is 0.167. The number of nitrogens with zero attached hydrogens (tertiary/aromatic N) is 1. The summed E-state index contributed by atoms with van der Waals surface area (Å²) < 4.78 is 36.3. The summed E-state index contributed by atoms with van der Waals surface area (Å²) in [5, 5.41) is 8.44. The molecule has 3 aromatic carbocycles. The third-order valence-electron chi connectivity index (χ3n) is 4.50. The van der Waals surface area contributed by atoms with Crippen molar-refractivity contribution in [2.45, 2.75) is 10.7 Å². The number of amides is 1. The van der Waals surface area contributed by atoms with Crippen LogP contribution in [0.5, 0.6) is 5.75 Å². The Morgan fingerprint density at radius 2 is 1.74 bits per heavy atom. The molecule has 0 atom stereocenters. The van der Waals surface area contributed by atoms with Gasteiger partial charge in [0, 0.05) is 41.5 Å². The average molecular weight is 504 g/mol. The third kappa shape index (κ3) is 6.58. The van der Waals surface area contributed by atoms with E-state index in [2.05, 4.69) is 10.6 Å². The van der Waals surface area contributed by atoms with Crippen LogP contribution in [0.15, 0.2) is 70.0 Å². The second-order valence-corrected chi connectivity index (χ2v) is 8.67. The molecule has 0 aliphatic carbocycles. The van der Waals surface area contributed by atoms with Crippen LogP contribution in [0, 0.1) is 0 Å². The number of rotatable bonds is 6. The predicted molar refractivity (Wildman–Crippen MR) is 138 cm³/mol. The molecule has 0 aliphatic heterocycles. The molecule has 0 saturated carbocycles. The van der Waals surface area contributed by atoms with Crippen LogP contribution in [0.25, 0.3) is 21.9 Å². The van der Waals surface area contributed by atoms with Crippen LogP contribution >= 0.6 is 24.0 Å². The van der Waals surface area contributed by atoms with Crippen molar-refractivity contribution in [3.63, 3.8) is 0 Å². The van der Waals surface area contributed by atoms with Gasteiger partial charge in [0.25, 0.3) is 5.76 Å². The number of thiocarbonyl (C=S) groups is 1. The summed E-state index contributed by atoms with van der Waals surface area (Å²) in [7, 11) is 4.96. The molecular formula is C24H23F2N3O3S2. The second-order valence-electron chi connectivity index (χ2n) is 7.20. The average Bonchev–Trinajstić information content (AvgIpc) is 3.17.